The number of aliphatic hydroxyl groups is 1. The lowest BCUT2D eigenvalue weighted by Gasteiger charge is -2.28. The van der Waals surface area contributed by atoms with Gasteiger partial charge in [-0.15, -0.1) is 0 Å². The quantitative estimate of drug-likeness (QED) is 0.515. The van der Waals surface area contributed by atoms with Gasteiger partial charge in [-0.3, -0.25) is 0 Å². The molecule has 0 amide bonds. The van der Waals surface area contributed by atoms with Crippen LogP contribution in [0.15, 0.2) is 0 Å². The largest absolute Gasteiger partial charge is 0.391 e. The second-order valence-electron chi connectivity index (χ2n) is 3.90. The average molecular weight is 141 g/mol. The second kappa shape index (κ2) is 1.95. The number of aliphatic hydroxyl groups excluding tert-OH is 1. The number of hydrogen-bond acceptors (Lipinski definition) is 2. The Morgan fingerprint density at radius 3 is 2.60 bits per heavy atom. The molecule has 1 saturated carbocycles. The first-order chi connectivity index (χ1) is 4.73. The zero-order valence-electron chi connectivity index (χ0n) is 6.43. The maximum Gasteiger partial charge on any atom is 0.0741 e. The minimum Gasteiger partial charge on any atom is -0.391 e. The van der Waals surface area contributed by atoms with Gasteiger partial charge in [0.1, 0.15) is 0 Å². The molecule has 2 N–H and O–H groups in total. The van der Waals surface area contributed by atoms with Crippen molar-refractivity contribution >= 4 is 0 Å². The van der Waals surface area contributed by atoms with Crippen LogP contribution in [0.1, 0.15) is 26.2 Å². The summed E-state index contributed by atoms with van der Waals surface area (Å²) in [6, 6.07) is 0. The summed E-state index contributed by atoms with van der Waals surface area (Å²) in [6.45, 7) is 3.37. The summed E-state index contributed by atoms with van der Waals surface area (Å²) in [5.74, 6) is 0.804. The summed E-state index contributed by atoms with van der Waals surface area (Å²) < 4.78 is 0. The van der Waals surface area contributed by atoms with Crippen LogP contribution in [0.3, 0.4) is 0 Å². The average Bonchev–Trinajstić information content (AvgIpc) is 2.41. The molecular formula is C8H15NO. The molecule has 1 aliphatic heterocycles. The fraction of sp³-hybridized carbons (Fsp3) is 1.00. The smallest absolute Gasteiger partial charge is 0.0741 e. The zero-order chi connectivity index (χ0) is 7.19. The van der Waals surface area contributed by atoms with E-state index in [1.54, 1.807) is 0 Å². The van der Waals surface area contributed by atoms with Crippen LogP contribution in [0.5, 0.6) is 0 Å². The minimum absolute atomic E-state index is 0.0461. The van der Waals surface area contributed by atoms with Crippen molar-refractivity contribution in [1.29, 1.82) is 0 Å². The van der Waals surface area contributed by atoms with E-state index < -0.39 is 0 Å². The Hall–Kier alpha value is -0.0800. The highest BCUT2D eigenvalue weighted by Crippen LogP contribution is 2.43. The Morgan fingerprint density at radius 2 is 2.20 bits per heavy atom. The van der Waals surface area contributed by atoms with Gasteiger partial charge in [0, 0.05) is 5.54 Å². The van der Waals surface area contributed by atoms with E-state index in [4.69, 9.17) is 0 Å². The van der Waals surface area contributed by atoms with Gasteiger partial charge in [0.05, 0.1) is 6.10 Å². The molecule has 0 bridgehead atoms. The second-order valence-corrected chi connectivity index (χ2v) is 3.90. The number of hydrogen-bond donors (Lipinski definition) is 2. The Morgan fingerprint density at radius 1 is 1.50 bits per heavy atom. The van der Waals surface area contributed by atoms with E-state index in [2.05, 4.69) is 12.2 Å². The molecule has 2 fully saturated rings. The van der Waals surface area contributed by atoms with Gasteiger partial charge in [-0.2, -0.15) is 0 Å². The van der Waals surface area contributed by atoms with Gasteiger partial charge >= 0.3 is 0 Å². The molecule has 1 saturated heterocycles. The molecular weight excluding hydrogens is 126 g/mol. The highest BCUT2D eigenvalue weighted by atomic mass is 16.3. The van der Waals surface area contributed by atoms with Crippen molar-refractivity contribution in [2.45, 2.75) is 37.8 Å². The monoisotopic (exact) mass is 141 g/mol. The summed E-state index contributed by atoms with van der Waals surface area (Å²) in [6.07, 6.45) is 3.38. The normalized spacial score (nSPS) is 53.4. The predicted molar refractivity (Wildman–Crippen MR) is 39.8 cm³/mol. The first-order valence-corrected chi connectivity index (χ1v) is 4.16. The van der Waals surface area contributed by atoms with E-state index in [0.29, 0.717) is 0 Å². The lowest BCUT2D eigenvalue weighted by atomic mass is 9.92. The van der Waals surface area contributed by atoms with Crippen LogP contribution in [0.4, 0.5) is 0 Å². The zero-order valence-corrected chi connectivity index (χ0v) is 6.43. The number of piperidine rings is 1. The van der Waals surface area contributed by atoms with Crippen molar-refractivity contribution in [3.63, 3.8) is 0 Å². The molecule has 0 aromatic carbocycles. The Labute approximate surface area is 61.6 Å². The van der Waals surface area contributed by atoms with Crippen LogP contribution in [-0.2, 0) is 0 Å². The summed E-state index contributed by atoms with van der Waals surface area (Å²) in [5.41, 5.74) is 0.164. The summed E-state index contributed by atoms with van der Waals surface area (Å²) >= 11 is 0. The molecule has 0 radical (unpaired) electrons. The third kappa shape index (κ3) is 0.867. The van der Waals surface area contributed by atoms with Crippen LogP contribution in [-0.4, -0.2) is 23.3 Å². The third-order valence-electron chi connectivity index (χ3n) is 2.86. The van der Waals surface area contributed by atoms with Gasteiger partial charge in [-0.05, 0) is 31.7 Å². The molecule has 2 nitrogen and oxygen atoms in total. The highest BCUT2D eigenvalue weighted by Gasteiger charge is 2.54. The third-order valence-corrected chi connectivity index (χ3v) is 2.86. The Bertz CT molecular complexity index is 148. The molecule has 1 aliphatic carbocycles. The molecule has 2 heteroatoms. The fourth-order valence-corrected chi connectivity index (χ4v) is 2.06. The summed E-state index contributed by atoms with van der Waals surface area (Å²) in [5, 5.41) is 12.7. The van der Waals surface area contributed by atoms with Crippen LogP contribution in [0.2, 0.25) is 0 Å². The van der Waals surface area contributed by atoms with Crippen molar-refractivity contribution in [3.05, 3.63) is 0 Å². The SMILES string of the molecule is CC1CCN[C@@]2(C1)C[C@@H]2O. The van der Waals surface area contributed by atoms with Crippen molar-refractivity contribution < 1.29 is 5.11 Å². The van der Waals surface area contributed by atoms with E-state index in [-0.39, 0.29) is 11.6 Å². The molecule has 2 rings (SSSR count). The minimum atomic E-state index is -0.0461. The van der Waals surface area contributed by atoms with Crippen LogP contribution >= 0.6 is 0 Å². The number of rotatable bonds is 0. The summed E-state index contributed by atoms with van der Waals surface area (Å²) in [7, 11) is 0. The van der Waals surface area contributed by atoms with Gasteiger partial charge < -0.3 is 10.4 Å². The van der Waals surface area contributed by atoms with Crippen LogP contribution in [0, 0.1) is 5.92 Å². The van der Waals surface area contributed by atoms with Gasteiger partial charge in [0.15, 0.2) is 0 Å². The predicted octanol–water partition coefficient (Wildman–Crippen LogP) is 0.509. The molecule has 1 heterocycles. The Kier molecular flexibility index (Phi) is 1.29. The molecule has 1 unspecified atom stereocenters. The molecule has 2 aliphatic rings. The topological polar surface area (TPSA) is 32.3 Å². The van der Waals surface area contributed by atoms with E-state index in [1.807, 2.05) is 0 Å². The Balaban J connectivity index is 1.99. The van der Waals surface area contributed by atoms with Gasteiger partial charge in [0.25, 0.3) is 0 Å². The first kappa shape index (κ1) is 6.62. The molecule has 58 valence electrons. The lowest BCUT2D eigenvalue weighted by molar-refractivity contribution is 0.194. The van der Waals surface area contributed by atoms with E-state index in [9.17, 15) is 5.11 Å². The molecule has 0 aromatic heterocycles. The molecule has 3 atom stereocenters. The van der Waals surface area contributed by atoms with Gasteiger partial charge in [-0.1, -0.05) is 6.92 Å². The van der Waals surface area contributed by atoms with Crippen molar-refractivity contribution in [2.24, 2.45) is 5.92 Å². The van der Waals surface area contributed by atoms with Crippen molar-refractivity contribution in [2.75, 3.05) is 6.54 Å². The van der Waals surface area contributed by atoms with Gasteiger partial charge in [-0.25, -0.2) is 0 Å². The maximum absolute atomic E-state index is 9.30. The van der Waals surface area contributed by atoms with E-state index >= 15 is 0 Å². The van der Waals surface area contributed by atoms with E-state index in [1.165, 1.54) is 12.8 Å². The lowest BCUT2D eigenvalue weighted by Crippen LogP contribution is -2.42. The van der Waals surface area contributed by atoms with Crippen molar-refractivity contribution in [3.8, 4) is 0 Å². The summed E-state index contributed by atoms with van der Waals surface area (Å²) in [4.78, 5) is 0. The van der Waals surface area contributed by atoms with E-state index in [0.717, 1.165) is 18.9 Å². The van der Waals surface area contributed by atoms with Gasteiger partial charge in [0.2, 0.25) is 0 Å². The standard InChI is InChI=1S/C8H15NO/c1-6-2-3-9-8(4-6)5-7(8)10/h6-7,9-10H,2-5H2,1H3/t6?,7-,8-/m0/s1. The maximum atomic E-state index is 9.30. The molecule has 10 heavy (non-hydrogen) atoms. The first-order valence-electron chi connectivity index (χ1n) is 4.16. The molecule has 0 aromatic rings. The van der Waals surface area contributed by atoms with Crippen LogP contribution in [0.25, 0.3) is 0 Å². The highest BCUT2D eigenvalue weighted by molar-refractivity contribution is 5.13. The fourth-order valence-electron chi connectivity index (χ4n) is 2.06. The molecule has 1 spiro atoms. The van der Waals surface area contributed by atoms with Crippen LogP contribution < -0.4 is 5.32 Å². The van der Waals surface area contributed by atoms with Crippen molar-refractivity contribution in [1.82, 2.24) is 5.32 Å². The number of nitrogens with one attached hydrogen (secondary N) is 1.